The van der Waals surface area contributed by atoms with Crippen LogP contribution in [0.3, 0.4) is 0 Å². The lowest BCUT2D eigenvalue weighted by Crippen LogP contribution is -2.18. The van der Waals surface area contributed by atoms with Gasteiger partial charge in [-0.15, -0.1) is 0 Å². The first-order valence-corrected chi connectivity index (χ1v) is 8.30. The van der Waals surface area contributed by atoms with Crippen molar-refractivity contribution in [1.82, 2.24) is 19.3 Å². The molecule has 1 aliphatic rings. The molecule has 0 unspecified atom stereocenters. The van der Waals surface area contributed by atoms with Crippen LogP contribution in [0, 0.1) is 0 Å². The number of rotatable bonds is 4. The van der Waals surface area contributed by atoms with Crippen molar-refractivity contribution in [2.24, 2.45) is 0 Å². The number of nitrogens with one attached hydrogen (secondary N) is 1. The summed E-state index contributed by atoms with van der Waals surface area (Å²) < 4.78 is 9.06. The summed E-state index contributed by atoms with van der Waals surface area (Å²) in [5.41, 5.74) is 1.27. The van der Waals surface area contributed by atoms with E-state index in [1.54, 1.807) is 30.4 Å². The fraction of sp³-hybridized carbons (Fsp3) is 0.278. The molecule has 128 valence electrons. The molecule has 4 rings (SSSR count). The van der Waals surface area contributed by atoms with Crippen LogP contribution < -0.4 is 10.1 Å². The van der Waals surface area contributed by atoms with Crippen molar-refractivity contribution < 1.29 is 9.53 Å². The van der Waals surface area contributed by atoms with Gasteiger partial charge >= 0.3 is 0 Å². The van der Waals surface area contributed by atoms with Crippen LogP contribution in [0.15, 0.2) is 42.9 Å². The lowest BCUT2D eigenvalue weighted by atomic mass is 10.2. The minimum Gasteiger partial charge on any atom is -0.494 e. The monoisotopic (exact) mass is 337 g/mol. The highest BCUT2D eigenvalue weighted by molar-refractivity contribution is 6.03. The zero-order valence-electron chi connectivity index (χ0n) is 14.0. The SMILES string of the molecule is COc1ccccc1-n1cc(C(=O)Nc2cnc3n2CCCC3)cn1. The number of imidazole rings is 1. The summed E-state index contributed by atoms with van der Waals surface area (Å²) in [4.78, 5) is 16.9. The van der Waals surface area contributed by atoms with Crippen LogP contribution >= 0.6 is 0 Å². The molecule has 0 spiro atoms. The highest BCUT2D eigenvalue weighted by Gasteiger charge is 2.17. The smallest absolute Gasteiger partial charge is 0.260 e. The van der Waals surface area contributed by atoms with Gasteiger partial charge in [0.15, 0.2) is 0 Å². The molecule has 1 aromatic carbocycles. The number of carbonyl (C=O) groups excluding carboxylic acids is 1. The van der Waals surface area contributed by atoms with Gasteiger partial charge in [0, 0.05) is 19.2 Å². The van der Waals surface area contributed by atoms with Gasteiger partial charge in [0.05, 0.1) is 25.1 Å². The maximum absolute atomic E-state index is 12.6. The van der Waals surface area contributed by atoms with E-state index in [2.05, 4.69) is 20.0 Å². The summed E-state index contributed by atoms with van der Waals surface area (Å²) in [5, 5.41) is 7.22. The molecule has 1 N–H and O–H groups in total. The van der Waals surface area contributed by atoms with Gasteiger partial charge in [-0.25, -0.2) is 9.67 Å². The number of para-hydroxylation sites is 2. The molecule has 0 saturated heterocycles. The molecular weight excluding hydrogens is 318 g/mol. The minimum atomic E-state index is -0.200. The molecule has 0 aliphatic carbocycles. The predicted octanol–water partition coefficient (Wildman–Crippen LogP) is 2.67. The second-order valence-corrected chi connectivity index (χ2v) is 5.97. The molecule has 25 heavy (non-hydrogen) atoms. The molecular formula is C18H19N5O2. The lowest BCUT2D eigenvalue weighted by Gasteiger charge is -2.16. The Hall–Kier alpha value is -3.09. The summed E-state index contributed by atoms with van der Waals surface area (Å²) in [5.74, 6) is 2.27. The van der Waals surface area contributed by atoms with E-state index in [0.29, 0.717) is 11.3 Å². The molecule has 7 heteroatoms. The molecule has 0 radical (unpaired) electrons. The number of carbonyl (C=O) groups is 1. The quantitative estimate of drug-likeness (QED) is 0.794. The first-order valence-electron chi connectivity index (χ1n) is 8.30. The fourth-order valence-electron chi connectivity index (χ4n) is 3.10. The lowest BCUT2D eigenvalue weighted by molar-refractivity contribution is 0.102. The first-order chi connectivity index (χ1) is 12.3. The van der Waals surface area contributed by atoms with Crippen molar-refractivity contribution in [3.05, 3.63) is 54.2 Å². The Balaban J connectivity index is 1.56. The number of hydrogen-bond donors (Lipinski definition) is 1. The summed E-state index contributed by atoms with van der Waals surface area (Å²) in [6, 6.07) is 7.54. The van der Waals surface area contributed by atoms with E-state index in [0.717, 1.165) is 43.1 Å². The van der Waals surface area contributed by atoms with Gasteiger partial charge in [-0.05, 0) is 25.0 Å². The van der Waals surface area contributed by atoms with Crippen molar-refractivity contribution in [1.29, 1.82) is 0 Å². The zero-order chi connectivity index (χ0) is 17.2. The van der Waals surface area contributed by atoms with E-state index in [1.807, 2.05) is 24.3 Å². The number of aromatic nitrogens is 4. The Morgan fingerprint density at radius 2 is 2.12 bits per heavy atom. The largest absolute Gasteiger partial charge is 0.494 e. The molecule has 2 aromatic heterocycles. The number of ether oxygens (including phenoxy) is 1. The third-order valence-corrected chi connectivity index (χ3v) is 4.39. The summed E-state index contributed by atoms with van der Waals surface area (Å²) in [6.45, 7) is 0.894. The molecule has 1 aliphatic heterocycles. The van der Waals surface area contributed by atoms with E-state index in [4.69, 9.17) is 4.74 Å². The van der Waals surface area contributed by atoms with Crippen LogP contribution in [-0.2, 0) is 13.0 Å². The number of hydrogen-bond acceptors (Lipinski definition) is 4. The van der Waals surface area contributed by atoms with E-state index in [9.17, 15) is 4.79 Å². The zero-order valence-corrected chi connectivity index (χ0v) is 14.0. The third-order valence-electron chi connectivity index (χ3n) is 4.39. The average molecular weight is 337 g/mol. The van der Waals surface area contributed by atoms with Crippen LogP contribution in [0.2, 0.25) is 0 Å². The molecule has 0 bridgehead atoms. The summed E-state index contributed by atoms with van der Waals surface area (Å²) >= 11 is 0. The Kier molecular flexibility index (Phi) is 3.97. The van der Waals surface area contributed by atoms with Gasteiger partial charge in [-0.3, -0.25) is 4.79 Å². The van der Waals surface area contributed by atoms with E-state index in [1.165, 1.54) is 0 Å². The summed E-state index contributed by atoms with van der Waals surface area (Å²) in [6.07, 6.45) is 8.19. The van der Waals surface area contributed by atoms with Gasteiger partial charge in [-0.1, -0.05) is 12.1 Å². The normalized spacial score (nSPS) is 13.3. The molecule has 1 amide bonds. The predicted molar refractivity (Wildman–Crippen MR) is 93.2 cm³/mol. The molecule has 3 heterocycles. The number of amides is 1. The maximum Gasteiger partial charge on any atom is 0.260 e. The van der Waals surface area contributed by atoms with Crippen molar-refractivity contribution in [2.45, 2.75) is 25.8 Å². The summed E-state index contributed by atoms with van der Waals surface area (Å²) in [7, 11) is 1.61. The number of anilines is 1. The van der Waals surface area contributed by atoms with E-state index < -0.39 is 0 Å². The fourth-order valence-corrected chi connectivity index (χ4v) is 3.10. The maximum atomic E-state index is 12.6. The molecule has 0 fully saturated rings. The molecule has 3 aromatic rings. The number of methoxy groups -OCH3 is 1. The highest BCUT2D eigenvalue weighted by atomic mass is 16.5. The standard InChI is InChI=1S/C18H19N5O2/c1-25-15-7-3-2-6-14(15)23-12-13(10-20-23)18(24)21-17-11-19-16-8-4-5-9-22(16)17/h2-3,6-7,10-12H,4-5,8-9H2,1H3,(H,21,24). The van der Waals surface area contributed by atoms with Crippen LogP contribution in [-0.4, -0.2) is 32.3 Å². The van der Waals surface area contributed by atoms with Crippen LogP contribution in [0.25, 0.3) is 5.69 Å². The van der Waals surface area contributed by atoms with Crippen LogP contribution in [0.1, 0.15) is 29.0 Å². The highest BCUT2D eigenvalue weighted by Crippen LogP contribution is 2.23. The average Bonchev–Trinajstić information content (AvgIpc) is 3.29. The minimum absolute atomic E-state index is 0.200. The number of fused-ring (bicyclic) bond motifs is 1. The van der Waals surface area contributed by atoms with E-state index >= 15 is 0 Å². The van der Waals surface area contributed by atoms with Crippen molar-refractivity contribution >= 4 is 11.7 Å². The van der Waals surface area contributed by atoms with Crippen LogP contribution in [0.5, 0.6) is 5.75 Å². The number of aryl methyl sites for hydroxylation is 1. The Labute approximate surface area is 145 Å². The Morgan fingerprint density at radius 3 is 3.00 bits per heavy atom. The van der Waals surface area contributed by atoms with Gasteiger partial charge in [-0.2, -0.15) is 5.10 Å². The van der Waals surface area contributed by atoms with Gasteiger partial charge in [0.2, 0.25) is 0 Å². The topological polar surface area (TPSA) is 74.0 Å². The van der Waals surface area contributed by atoms with Gasteiger partial charge in [0.25, 0.3) is 5.91 Å². The second-order valence-electron chi connectivity index (χ2n) is 5.97. The Bertz CT molecular complexity index is 912. The van der Waals surface area contributed by atoms with Gasteiger partial charge in [0.1, 0.15) is 23.1 Å². The molecule has 0 atom stereocenters. The van der Waals surface area contributed by atoms with Crippen LogP contribution in [0.4, 0.5) is 5.82 Å². The van der Waals surface area contributed by atoms with Crippen molar-refractivity contribution in [3.8, 4) is 11.4 Å². The first kappa shape index (κ1) is 15.4. The van der Waals surface area contributed by atoms with Crippen molar-refractivity contribution in [3.63, 3.8) is 0 Å². The van der Waals surface area contributed by atoms with Crippen molar-refractivity contribution in [2.75, 3.05) is 12.4 Å². The number of nitrogens with zero attached hydrogens (tertiary/aromatic N) is 4. The Morgan fingerprint density at radius 1 is 1.24 bits per heavy atom. The number of benzene rings is 1. The molecule has 7 nitrogen and oxygen atoms in total. The van der Waals surface area contributed by atoms with E-state index in [-0.39, 0.29) is 5.91 Å². The van der Waals surface area contributed by atoms with Gasteiger partial charge < -0.3 is 14.6 Å². The molecule has 0 saturated carbocycles. The second kappa shape index (κ2) is 6.43. The third kappa shape index (κ3) is 2.88.